The van der Waals surface area contributed by atoms with Crippen LogP contribution < -0.4 is 0 Å². The van der Waals surface area contributed by atoms with Crippen LogP contribution in [0, 0.1) is 11.8 Å². The lowest BCUT2D eigenvalue weighted by Gasteiger charge is -2.29. The van der Waals surface area contributed by atoms with Crippen molar-refractivity contribution in [3.05, 3.63) is 23.3 Å². The van der Waals surface area contributed by atoms with Gasteiger partial charge in [-0.25, -0.2) is 0 Å². The van der Waals surface area contributed by atoms with Gasteiger partial charge in [-0.05, 0) is 90.9 Å². The largest absolute Gasteiger partial charge is 0.375 e. The smallest absolute Gasteiger partial charge is 0.0581 e. The Hall–Kier alpha value is -0.560. The van der Waals surface area contributed by atoms with Crippen molar-refractivity contribution in [2.75, 3.05) is 0 Å². The predicted octanol–water partition coefficient (Wildman–Crippen LogP) is 9.67. The number of allylic oxidation sites excluding steroid dienone is 4. The minimum atomic E-state index is 0.448. The van der Waals surface area contributed by atoms with Gasteiger partial charge in [-0.15, -0.1) is 0 Å². The zero-order valence-corrected chi connectivity index (χ0v) is 21.4. The van der Waals surface area contributed by atoms with Gasteiger partial charge in [-0.1, -0.05) is 76.7 Å². The highest BCUT2D eigenvalue weighted by atomic mass is 16.5. The Morgan fingerprint density at radius 2 is 1.03 bits per heavy atom. The maximum absolute atomic E-state index is 6.82. The molecule has 0 saturated heterocycles. The van der Waals surface area contributed by atoms with Crippen LogP contribution in [0.2, 0.25) is 0 Å². The number of hydrogen-bond acceptors (Lipinski definition) is 1. The highest BCUT2D eigenvalue weighted by Crippen LogP contribution is 2.26. The molecule has 0 amide bonds. The van der Waals surface area contributed by atoms with Gasteiger partial charge in [-0.2, -0.15) is 0 Å². The number of unbranched alkanes of at least 4 members (excludes halogenated alkanes) is 2. The summed E-state index contributed by atoms with van der Waals surface area (Å²) in [5.41, 5.74) is 2.88. The molecule has 0 rings (SSSR count). The van der Waals surface area contributed by atoms with Crippen LogP contribution >= 0.6 is 0 Å². The van der Waals surface area contributed by atoms with E-state index in [0.29, 0.717) is 12.2 Å². The lowest BCUT2D eigenvalue weighted by molar-refractivity contribution is -0.0427. The minimum absolute atomic E-state index is 0.448. The van der Waals surface area contributed by atoms with Gasteiger partial charge in [0, 0.05) is 0 Å². The van der Waals surface area contributed by atoms with Crippen LogP contribution in [0.3, 0.4) is 0 Å². The normalized spacial score (nSPS) is 15.4. The summed E-state index contributed by atoms with van der Waals surface area (Å²) in [7, 11) is 0. The van der Waals surface area contributed by atoms with E-state index < -0.39 is 0 Å². The van der Waals surface area contributed by atoms with Gasteiger partial charge in [0.1, 0.15) is 0 Å². The number of hydrogen-bond donors (Lipinski definition) is 0. The molecule has 0 bridgehead atoms. The zero-order chi connectivity index (χ0) is 22.1. The fraction of sp³-hybridized carbons (Fsp3) is 0.857. The average Bonchev–Trinajstić information content (AvgIpc) is 2.63. The van der Waals surface area contributed by atoms with E-state index in [1.165, 1.54) is 88.2 Å². The van der Waals surface area contributed by atoms with Gasteiger partial charge in [0.05, 0.1) is 12.2 Å². The Kier molecular flexibility index (Phi) is 17.9. The van der Waals surface area contributed by atoms with Crippen molar-refractivity contribution in [3.8, 4) is 0 Å². The Morgan fingerprint density at radius 3 is 1.34 bits per heavy atom. The number of ether oxygens (including phenoxy) is 1. The van der Waals surface area contributed by atoms with Gasteiger partial charge in [0.15, 0.2) is 0 Å². The van der Waals surface area contributed by atoms with E-state index in [4.69, 9.17) is 4.74 Å². The molecule has 0 aliphatic rings. The second kappa shape index (κ2) is 18.2. The van der Waals surface area contributed by atoms with Crippen LogP contribution in [0.1, 0.15) is 132 Å². The highest BCUT2D eigenvalue weighted by Gasteiger charge is 2.20. The third-order valence-corrected chi connectivity index (χ3v) is 5.90. The predicted molar refractivity (Wildman–Crippen MR) is 133 cm³/mol. The molecule has 4 atom stereocenters. The van der Waals surface area contributed by atoms with Crippen molar-refractivity contribution in [1.29, 1.82) is 0 Å². The Morgan fingerprint density at radius 1 is 0.655 bits per heavy atom. The first-order chi connectivity index (χ1) is 13.8. The molecule has 0 aromatic carbocycles. The molecule has 0 aromatic rings. The first-order valence-corrected chi connectivity index (χ1v) is 12.7. The topological polar surface area (TPSA) is 9.23 Å². The molecule has 29 heavy (non-hydrogen) atoms. The van der Waals surface area contributed by atoms with Gasteiger partial charge < -0.3 is 4.74 Å². The average molecular weight is 407 g/mol. The molecule has 0 aliphatic heterocycles. The van der Waals surface area contributed by atoms with Crippen LogP contribution in [0.5, 0.6) is 0 Å². The first kappa shape index (κ1) is 28.4. The third-order valence-electron chi connectivity index (χ3n) is 5.90. The van der Waals surface area contributed by atoms with Gasteiger partial charge in [0.2, 0.25) is 0 Å². The summed E-state index contributed by atoms with van der Waals surface area (Å²) < 4.78 is 6.82. The fourth-order valence-corrected chi connectivity index (χ4v) is 4.06. The van der Waals surface area contributed by atoms with E-state index in [9.17, 15) is 0 Å². The maximum atomic E-state index is 6.82. The Labute approximate surface area is 184 Å². The van der Waals surface area contributed by atoms with E-state index in [-0.39, 0.29) is 0 Å². The van der Waals surface area contributed by atoms with Gasteiger partial charge in [0.25, 0.3) is 0 Å². The quantitative estimate of drug-likeness (QED) is 0.206. The zero-order valence-electron chi connectivity index (χ0n) is 21.4. The van der Waals surface area contributed by atoms with Gasteiger partial charge in [-0.3, -0.25) is 0 Å². The third kappa shape index (κ3) is 18.0. The summed E-state index contributed by atoms with van der Waals surface area (Å²) >= 11 is 0. The van der Waals surface area contributed by atoms with Crippen molar-refractivity contribution in [2.24, 2.45) is 11.8 Å². The van der Waals surface area contributed by atoms with Gasteiger partial charge >= 0.3 is 0 Å². The summed E-state index contributed by atoms with van der Waals surface area (Å²) in [6, 6.07) is 0. The molecule has 1 heteroatoms. The van der Waals surface area contributed by atoms with Crippen LogP contribution in [0.4, 0.5) is 0 Å². The van der Waals surface area contributed by atoms with Crippen molar-refractivity contribution < 1.29 is 4.74 Å². The van der Waals surface area contributed by atoms with Crippen LogP contribution in [-0.2, 0) is 4.74 Å². The van der Waals surface area contributed by atoms with Crippen molar-refractivity contribution in [3.63, 3.8) is 0 Å². The van der Waals surface area contributed by atoms with E-state index in [1.807, 2.05) is 0 Å². The lowest BCUT2D eigenvalue weighted by atomic mass is 9.93. The molecule has 0 radical (unpaired) electrons. The van der Waals surface area contributed by atoms with E-state index in [2.05, 4.69) is 67.5 Å². The maximum Gasteiger partial charge on any atom is 0.0581 e. The fourth-order valence-electron chi connectivity index (χ4n) is 4.06. The summed E-state index contributed by atoms with van der Waals surface area (Å²) in [6.45, 7) is 18.3. The molecule has 0 saturated carbocycles. The first-order valence-electron chi connectivity index (χ1n) is 12.7. The minimum Gasteiger partial charge on any atom is -0.375 e. The Balaban J connectivity index is 4.77. The van der Waals surface area contributed by atoms with Crippen LogP contribution in [-0.4, -0.2) is 12.2 Å². The molecular formula is C28H54O. The van der Waals surface area contributed by atoms with E-state index >= 15 is 0 Å². The Bertz CT molecular complexity index is 386. The van der Waals surface area contributed by atoms with Crippen LogP contribution in [0.25, 0.3) is 0 Å². The summed E-state index contributed by atoms with van der Waals surface area (Å²) in [5.74, 6) is 1.49. The molecule has 0 spiro atoms. The monoisotopic (exact) mass is 406 g/mol. The molecule has 4 unspecified atom stereocenters. The molecule has 172 valence electrons. The highest BCUT2D eigenvalue weighted by molar-refractivity contribution is 4.93. The number of rotatable bonds is 18. The molecule has 0 heterocycles. The molecule has 0 N–H and O–H groups in total. The summed E-state index contributed by atoms with van der Waals surface area (Å²) in [4.78, 5) is 0. The van der Waals surface area contributed by atoms with Crippen molar-refractivity contribution >= 4 is 0 Å². The lowest BCUT2D eigenvalue weighted by Crippen LogP contribution is -2.26. The summed E-state index contributed by atoms with van der Waals surface area (Å²) in [5, 5.41) is 0. The molecule has 0 aromatic heterocycles. The molecule has 1 nitrogen and oxygen atoms in total. The second-order valence-corrected chi connectivity index (χ2v) is 10.1. The van der Waals surface area contributed by atoms with Crippen molar-refractivity contribution in [2.45, 2.75) is 145 Å². The second-order valence-electron chi connectivity index (χ2n) is 10.1. The van der Waals surface area contributed by atoms with E-state index in [1.54, 1.807) is 0 Å². The SMILES string of the molecule is CCCCC(CC(C)CCC=C(C)C)OC(CCCC)CC(C)CCC=C(C)C. The standard InChI is InChI=1S/C28H54O/c1-9-11-19-27(21-25(7)17-13-15-23(3)4)29-28(20-12-10-2)22-26(8)18-14-16-24(5)6/h15-16,25-28H,9-14,17-22H2,1-8H3. The molecular weight excluding hydrogens is 352 g/mol. The summed E-state index contributed by atoms with van der Waals surface area (Å²) in [6.07, 6.45) is 20.7. The van der Waals surface area contributed by atoms with E-state index in [0.717, 1.165) is 11.8 Å². The molecule has 0 fully saturated rings. The molecule has 0 aliphatic carbocycles. The van der Waals surface area contributed by atoms with Crippen LogP contribution in [0.15, 0.2) is 23.3 Å². The van der Waals surface area contributed by atoms with Crippen molar-refractivity contribution in [1.82, 2.24) is 0 Å².